The lowest BCUT2D eigenvalue weighted by molar-refractivity contribution is -0.218. The molecule has 0 spiro atoms. The number of carbonyl (C=O) groups excluding carboxylic acids is 2. The number of amidine groups is 1. The molecule has 0 saturated carbocycles. The normalized spacial score (nSPS) is 24.0. The van der Waals surface area contributed by atoms with Crippen molar-refractivity contribution in [3.05, 3.63) is 40.4 Å². The number of nitrogen functional groups attached to an aromatic ring is 1. The van der Waals surface area contributed by atoms with Crippen LogP contribution in [0.1, 0.15) is 56.9 Å². The molecule has 8 N–H and O–H groups in total. The van der Waals surface area contributed by atoms with E-state index in [1.807, 2.05) is 6.07 Å². The van der Waals surface area contributed by atoms with Gasteiger partial charge in [0.1, 0.15) is 23.3 Å². The van der Waals surface area contributed by atoms with Crippen LogP contribution < -0.4 is 26.8 Å². The van der Waals surface area contributed by atoms with E-state index in [1.54, 1.807) is 12.1 Å². The number of nitrogens with one attached hydrogen (secondary N) is 2. The molecule has 0 aliphatic carbocycles. The molecule has 48 heavy (non-hydrogen) atoms. The van der Waals surface area contributed by atoms with Crippen molar-refractivity contribution in [2.75, 3.05) is 18.8 Å². The van der Waals surface area contributed by atoms with Gasteiger partial charge in [0, 0.05) is 17.5 Å². The predicted octanol–water partition coefficient (Wildman–Crippen LogP) is -0.0196. The van der Waals surface area contributed by atoms with Gasteiger partial charge in [0.2, 0.25) is 0 Å². The maximum absolute atomic E-state index is 13.4. The molecule has 4 atom stereocenters. The van der Waals surface area contributed by atoms with Crippen molar-refractivity contribution in [3.8, 4) is 5.75 Å². The van der Waals surface area contributed by atoms with Crippen molar-refractivity contribution >= 4 is 56.2 Å². The number of piperidine rings is 1. The monoisotopic (exact) mass is 708 g/mol. The van der Waals surface area contributed by atoms with Gasteiger partial charge in [0.15, 0.2) is 16.9 Å². The molecular formula is C28H36N8O10S2. The van der Waals surface area contributed by atoms with Crippen molar-refractivity contribution in [3.63, 3.8) is 0 Å². The van der Waals surface area contributed by atoms with Gasteiger partial charge in [-0.15, -0.1) is 15.6 Å². The third kappa shape index (κ3) is 7.21. The second-order valence-electron chi connectivity index (χ2n) is 12.2. The Kier molecular flexibility index (Phi) is 9.66. The molecular weight excluding hydrogens is 672 g/mol. The van der Waals surface area contributed by atoms with E-state index in [0.29, 0.717) is 23.1 Å². The maximum Gasteiger partial charge on any atom is 0.418 e. The van der Waals surface area contributed by atoms with E-state index in [9.17, 15) is 27.9 Å². The quantitative estimate of drug-likeness (QED) is 0.0589. The lowest BCUT2D eigenvalue weighted by Crippen LogP contribution is -2.76. The zero-order chi connectivity index (χ0) is 35.0. The number of β-lactam (4-membered cyclic amide) rings is 1. The minimum atomic E-state index is -5.03. The summed E-state index contributed by atoms with van der Waals surface area (Å²) in [5, 5.41) is 21.7. The number of nitrogens with zero attached hydrogens (tertiary/aromatic N) is 4. The molecule has 3 aliphatic heterocycles. The molecule has 1 aromatic heterocycles. The maximum atomic E-state index is 13.4. The largest absolute Gasteiger partial charge is 0.485 e. The fourth-order valence-electron chi connectivity index (χ4n) is 5.55. The number of aliphatic imine (C=N–C) groups is 1. The highest BCUT2D eigenvalue weighted by molar-refractivity contribution is 7.80. The van der Waals surface area contributed by atoms with Crippen LogP contribution in [0.4, 0.5) is 5.13 Å². The van der Waals surface area contributed by atoms with Crippen LogP contribution in [-0.4, -0.2) is 99.9 Å². The fourth-order valence-corrected chi connectivity index (χ4v) is 6.55. The van der Waals surface area contributed by atoms with Crippen LogP contribution >= 0.6 is 11.3 Å². The third-order valence-corrected chi connectivity index (χ3v) is 9.37. The van der Waals surface area contributed by atoms with Gasteiger partial charge in [0.05, 0.1) is 11.6 Å². The van der Waals surface area contributed by atoms with Gasteiger partial charge in [-0.2, -0.15) is 13.5 Å². The highest BCUT2D eigenvalue weighted by Crippen LogP contribution is 2.35. The molecule has 20 heteroatoms. The molecule has 1 unspecified atom stereocenters. The molecule has 18 nitrogen and oxygen atoms in total. The summed E-state index contributed by atoms with van der Waals surface area (Å²) in [6.45, 7) is 5.71. The number of oxime groups is 1. The summed E-state index contributed by atoms with van der Waals surface area (Å²) in [4.78, 5) is 52.9. The van der Waals surface area contributed by atoms with E-state index in [0.717, 1.165) is 48.4 Å². The first-order valence-corrected chi connectivity index (χ1v) is 17.1. The lowest BCUT2D eigenvalue weighted by atomic mass is 9.84. The van der Waals surface area contributed by atoms with Gasteiger partial charge >= 0.3 is 16.4 Å². The average Bonchev–Trinajstić information content (AvgIpc) is 3.47. The van der Waals surface area contributed by atoms with Crippen molar-refractivity contribution in [2.45, 2.75) is 75.8 Å². The first-order chi connectivity index (χ1) is 22.5. The number of carboxylic acids is 1. The number of thiazole rings is 1. The van der Waals surface area contributed by atoms with Crippen LogP contribution in [0.15, 0.2) is 33.7 Å². The number of hydrogen-bond donors (Lipinski definition) is 6. The topological polar surface area (TPSA) is 270 Å². The Labute approximate surface area is 279 Å². The number of ether oxygens (including phenoxy) is 1. The number of aliphatic carboxylic acids is 1. The number of carboxylic acid groups (broad SMARTS) is 1. The number of nitrogens with two attached hydrogens (primary N) is 2. The number of hydrogen-bond acceptors (Lipinski definition) is 14. The fraction of sp³-hybridized carbons (Fsp3) is 0.500. The van der Waals surface area contributed by atoms with E-state index in [4.69, 9.17) is 25.6 Å². The number of fused-ring (bicyclic) bond motifs is 1. The van der Waals surface area contributed by atoms with Gasteiger partial charge in [-0.3, -0.25) is 19.1 Å². The van der Waals surface area contributed by atoms with Crippen molar-refractivity contribution in [1.29, 1.82) is 0 Å². The first-order valence-electron chi connectivity index (χ1n) is 14.9. The second-order valence-corrected chi connectivity index (χ2v) is 14.1. The van der Waals surface area contributed by atoms with Gasteiger partial charge < -0.3 is 36.8 Å². The number of aromatic nitrogens is 1. The highest BCUT2D eigenvalue weighted by atomic mass is 32.3. The molecule has 1 aromatic carbocycles. The molecule has 0 radical (unpaired) electrons. The summed E-state index contributed by atoms with van der Waals surface area (Å²) in [5.41, 5.74) is 9.44. The van der Waals surface area contributed by atoms with Crippen molar-refractivity contribution in [2.24, 2.45) is 15.9 Å². The Hall–Kier alpha value is -4.37. The Morgan fingerprint density at radius 1 is 1.31 bits per heavy atom. The predicted molar refractivity (Wildman–Crippen MR) is 171 cm³/mol. The summed E-state index contributed by atoms with van der Waals surface area (Å²) in [5.74, 6) is -2.61. The zero-order valence-electron chi connectivity index (χ0n) is 26.2. The molecule has 4 heterocycles. The summed E-state index contributed by atoms with van der Waals surface area (Å²) >= 11 is 0.968. The SMILES string of the molecule is CC(O/N=C(\C(=O)N[C@@H]1C(=O)N(OS(=O)(=O)O)C1(C)C)c1csc(N)n1)(C(=O)O)[C@H]1CCc2cc(C(N)=N[C@H]3CCCNC3)ccc2O1. The van der Waals surface area contributed by atoms with Crippen LogP contribution in [-0.2, 0) is 40.3 Å². The van der Waals surface area contributed by atoms with Crippen molar-refractivity contribution < 1.29 is 46.3 Å². The van der Waals surface area contributed by atoms with Crippen LogP contribution in [0, 0.1) is 0 Å². The minimum absolute atomic E-state index is 0.0620. The Balaban J connectivity index is 1.35. The van der Waals surface area contributed by atoms with Crippen LogP contribution in [0.25, 0.3) is 0 Å². The standard InChI is InChI=1S/C28H36N8O10S2/c1-27(2)21(24(38)36(27)46-48(41,42)43)34-23(37)20(17-13-47-26(30)33-17)35-45-28(3,25(39)40)19-9-7-14-11-15(6-8-18(14)44-19)22(29)32-16-5-4-10-31-12-16/h6,8,11,13,16,19,21,31H,4-5,7,9-10,12H2,1-3H3,(H2,29,32)(H2,30,33)(H,34,37)(H,39,40)(H,41,42,43)/b35-20-/t16-,19+,21+,28?/m0/s1. The molecule has 3 aliphatic rings. The molecule has 5 rings (SSSR count). The average molecular weight is 709 g/mol. The number of rotatable bonds is 11. The number of benzene rings is 1. The van der Waals surface area contributed by atoms with Gasteiger partial charge in [-0.05, 0) is 76.8 Å². The van der Waals surface area contributed by atoms with E-state index >= 15 is 0 Å². The molecule has 2 fully saturated rings. The number of hydroxylamine groups is 2. The smallest absolute Gasteiger partial charge is 0.418 e. The summed E-state index contributed by atoms with van der Waals surface area (Å²) in [6, 6.07) is 4.05. The lowest BCUT2D eigenvalue weighted by Gasteiger charge is -2.50. The Morgan fingerprint density at radius 3 is 2.67 bits per heavy atom. The van der Waals surface area contributed by atoms with Gasteiger partial charge in [0.25, 0.3) is 17.4 Å². The van der Waals surface area contributed by atoms with E-state index in [1.165, 1.54) is 26.2 Å². The summed E-state index contributed by atoms with van der Waals surface area (Å²) in [6.07, 6.45) is 1.53. The van der Waals surface area contributed by atoms with Crippen LogP contribution in [0.3, 0.4) is 0 Å². The molecule has 2 amide bonds. The third-order valence-electron chi connectivity index (χ3n) is 8.36. The van der Waals surface area contributed by atoms with Crippen LogP contribution in [0.5, 0.6) is 5.75 Å². The van der Waals surface area contributed by atoms with E-state index in [2.05, 4.69) is 30.0 Å². The van der Waals surface area contributed by atoms with E-state index in [-0.39, 0.29) is 23.3 Å². The van der Waals surface area contributed by atoms with Gasteiger partial charge in [-0.25, -0.2) is 9.78 Å². The van der Waals surface area contributed by atoms with Gasteiger partial charge in [-0.1, -0.05) is 5.16 Å². The molecule has 2 saturated heterocycles. The first kappa shape index (κ1) is 35.0. The zero-order valence-corrected chi connectivity index (χ0v) is 27.8. The van der Waals surface area contributed by atoms with Crippen LogP contribution in [0.2, 0.25) is 0 Å². The molecule has 2 aromatic rings. The Bertz CT molecular complexity index is 1770. The molecule has 260 valence electrons. The number of anilines is 1. The van der Waals surface area contributed by atoms with E-state index < -0.39 is 57.2 Å². The second kappa shape index (κ2) is 13.3. The molecule has 0 bridgehead atoms. The summed E-state index contributed by atoms with van der Waals surface area (Å²) < 4.78 is 41.7. The number of carbonyl (C=O) groups is 3. The van der Waals surface area contributed by atoms with Crippen molar-refractivity contribution in [1.82, 2.24) is 20.7 Å². The number of amides is 2. The Morgan fingerprint density at radius 2 is 2.06 bits per heavy atom. The highest BCUT2D eigenvalue weighted by Gasteiger charge is 2.58. The number of aryl methyl sites for hydroxylation is 1. The minimum Gasteiger partial charge on any atom is -0.485 e. The summed E-state index contributed by atoms with van der Waals surface area (Å²) in [7, 11) is -5.03.